The summed E-state index contributed by atoms with van der Waals surface area (Å²) in [5.74, 6) is -4.80. The van der Waals surface area contributed by atoms with Crippen LogP contribution in [0.4, 0.5) is 0 Å². The highest BCUT2D eigenvalue weighted by Crippen LogP contribution is 2.31. The lowest BCUT2D eigenvalue weighted by Gasteiger charge is -2.25. The van der Waals surface area contributed by atoms with Crippen molar-refractivity contribution in [2.24, 2.45) is 29.4 Å². The van der Waals surface area contributed by atoms with Gasteiger partial charge in [-0.05, 0) is 38.5 Å². The third-order valence-electron chi connectivity index (χ3n) is 10.4. The molecule has 8 atom stereocenters. The first-order valence-electron chi connectivity index (χ1n) is 21.6. The SMILES string of the molecule is COC[C@H](CC(=O)[C@@H](N)COC)C(=O)N[C@@H](CC(C)C)C(=O)[C@@]1(C)CO1.COC[C@H](CC(=O)[C@H](COC)NC(=O)c1ccon1)C(=O)N[C@@H](CC(C)C)C(=O)[C@@]1(C)CO1.O=C(O)c1ccon1. The molecule has 0 aliphatic carbocycles. The molecule has 0 saturated carbocycles. The number of Topliss-reactive ketones (excluding diaryl/α,β-unsaturated/α-hetero) is 4. The molecule has 67 heavy (non-hydrogen) atoms. The van der Waals surface area contributed by atoms with Crippen LogP contribution in [0.3, 0.4) is 0 Å². The van der Waals surface area contributed by atoms with Crippen molar-refractivity contribution in [3.8, 4) is 0 Å². The number of epoxide rings is 2. The van der Waals surface area contributed by atoms with E-state index in [4.69, 9.17) is 39.3 Å². The van der Waals surface area contributed by atoms with E-state index in [-0.39, 0.29) is 79.8 Å². The van der Waals surface area contributed by atoms with Crippen molar-refractivity contribution in [1.82, 2.24) is 26.3 Å². The molecule has 23 nitrogen and oxygen atoms in total. The van der Waals surface area contributed by atoms with Crippen molar-refractivity contribution >= 4 is 46.8 Å². The molecule has 4 rings (SSSR count). The molecule has 2 aliphatic heterocycles. The number of hydrogen-bond donors (Lipinski definition) is 5. The summed E-state index contributed by atoms with van der Waals surface area (Å²) in [6.45, 7) is 12.0. The van der Waals surface area contributed by atoms with E-state index in [0.717, 1.165) is 0 Å². The zero-order valence-electron chi connectivity index (χ0n) is 40.0. The lowest BCUT2D eigenvalue weighted by Crippen LogP contribution is -2.50. The predicted octanol–water partition coefficient (Wildman–Crippen LogP) is 0.974. The average molecular weight is 953 g/mol. The summed E-state index contributed by atoms with van der Waals surface area (Å²) in [6.07, 6.45) is 3.10. The van der Waals surface area contributed by atoms with Gasteiger partial charge in [0, 0.05) is 53.4 Å². The number of rotatable bonds is 29. The molecule has 376 valence electrons. The molecule has 0 aromatic carbocycles. The van der Waals surface area contributed by atoms with Crippen LogP contribution in [0.1, 0.15) is 88.2 Å². The standard InChI is InChI=1S/C22H33N3O8.C18H32N2O6.C4H3NO3/c1-13(2)8-16(19(27)22(3)12-32-22)23-20(28)14(10-30-4)9-18(26)17(11-31-5)24-21(29)15-6-7-33-25-15;1-11(2)6-14(16(22)18(3)10-26-18)20-17(23)12(8-24-4)7-15(21)13(19)9-25-5;6-4(7)3-1-2-8-5-3/h6-7,13-14,16-17H,8-12H2,1-5H3,(H,23,28)(H,24,29);11-14H,6-10,19H2,1-5H3,(H,20,23);1-2H,(H,6,7)/t14-,16-,17-,22+;12-,13-,14-,18+;/m00./s1. The van der Waals surface area contributed by atoms with Gasteiger partial charge >= 0.3 is 5.97 Å². The van der Waals surface area contributed by atoms with Gasteiger partial charge in [-0.3, -0.25) is 33.6 Å². The highest BCUT2D eigenvalue weighted by atomic mass is 16.6. The molecular weight excluding hydrogens is 885 g/mol. The Hall–Kier alpha value is -5.30. The third-order valence-corrected chi connectivity index (χ3v) is 10.4. The molecule has 4 heterocycles. The van der Waals surface area contributed by atoms with E-state index >= 15 is 0 Å². The summed E-state index contributed by atoms with van der Waals surface area (Å²) < 4.78 is 39.5. The molecule has 0 bridgehead atoms. The van der Waals surface area contributed by atoms with Crippen LogP contribution < -0.4 is 21.7 Å². The fraction of sp³-hybridized carbons (Fsp3) is 0.682. The van der Waals surface area contributed by atoms with Gasteiger partial charge in [-0.25, -0.2) is 4.79 Å². The lowest BCUT2D eigenvalue weighted by atomic mass is 9.92. The smallest absolute Gasteiger partial charge is 0.358 e. The highest BCUT2D eigenvalue weighted by molar-refractivity contribution is 6.00. The van der Waals surface area contributed by atoms with Crippen molar-refractivity contribution in [1.29, 1.82) is 0 Å². The first-order valence-corrected chi connectivity index (χ1v) is 21.6. The summed E-state index contributed by atoms with van der Waals surface area (Å²) in [5, 5.41) is 22.9. The van der Waals surface area contributed by atoms with Crippen molar-refractivity contribution < 1.29 is 80.9 Å². The van der Waals surface area contributed by atoms with Crippen molar-refractivity contribution in [2.45, 2.75) is 103 Å². The van der Waals surface area contributed by atoms with Gasteiger partial charge in [-0.1, -0.05) is 38.0 Å². The monoisotopic (exact) mass is 952 g/mol. The number of carbonyl (C=O) groups is 8. The predicted molar refractivity (Wildman–Crippen MR) is 234 cm³/mol. The summed E-state index contributed by atoms with van der Waals surface area (Å²) in [7, 11) is 5.72. The number of ketones is 4. The summed E-state index contributed by atoms with van der Waals surface area (Å²) in [4.78, 5) is 98.4. The summed E-state index contributed by atoms with van der Waals surface area (Å²) >= 11 is 0. The van der Waals surface area contributed by atoms with Gasteiger partial charge in [-0.2, -0.15) is 0 Å². The Kier molecular flexibility index (Phi) is 24.3. The molecule has 2 aromatic heterocycles. The second-order valence-corrected chi connectivity index (χ2v) is 17.4. The van der Waals surface area contributed by atoms with E-state index in [1.165, 1.54) is 53.1 Å². The highest BCUT2D eigenvalue weighted by Gasteiger charge is 2.51. The number of nitrogens with zero attached hydrogens (tertiary/aromatic N) is 2. The molecule has 23 heteroatoms. The van der Waals surface area contributed by atoms with E-state index in [2.05, 4.69) is 35.3 Å². The maximum absolute atomic E-state index is 13.0. The van der Waals surface area contributed by atoms with Crippen LogP contribution in [0.2, 0.25) is 0 Å². The quantitative estimate of drug-likeness (QED) is 0.0709. The van der Waals surface area contributed by atoms with Gasteiger partial charge in [0.15, 0.2) is 34.5 Å². The molecule has 2 saturated heterocycles. The minimum Gasteiger partial charge on any atom is -0.476 e. The Morgan fingerprint density at radius 2 is 1.04 bits per heavy atom. The number of ether oxygens (including phenoxy) is 6. The van der Waals surface area contributed by atoms with Crippen molar-refractivity contribution in [3.63, 3.8) is 0 Å². The molecule has 0 unspecified atom stereocenters. The molecular formula is C44H68N6O17. The second-order valence-electron chi connectivity index (χ2n) is 17.4. The molecule has 2 aliphatic rings. The number of carboxylic acid groups (broad SMARTS) is 1. The van der Waals surface area contributed by atoms with Gasteiger partial charge in [-0.15, -0.1) is 0 Å². The van der Waals surface area contributed by atoms with Gasteiger partial charge in [0.05, 0.1) is 69.6 Å². The lowest BCUT2D eigenvalue weighted by molar-refractivity contribution is -0.135. The molecule has 2 fully saturated rings. The zero-order chi connectivity index (χ0) is 50.5. The van der Waals surface area contributed by atoms with Crippen LogP contribution in [0.5, 0.6) is 0 Å². The van der Waals surface area contributed by atoms with Crippen LogP contribution in [-0.2, 0) is 57.2 Å². The average Bonchev–Trinajstić information content (AvgIpc) is 3.98. The molecule has 2 aromatic rings. The van der Waals surface area contributed by atoms with Crippen LogP contribution in [0.15, 0.2) is 33.7 Å². The maximum atomic E-state index is 13.0. The molecule has 3 amide bonds. The fourth-order valence-corrected chi connectivity index (χ4v) is 6.40. The van der Waals surface area contributed by atoms with E-state index < -0.39 is 76.7 Å². The van der Waals surface area contributed by atoms with E-state index in [1.807, 2.05) is 27.7 Å². The first kappa shape index (κ1) is 57.8. The number of nitrogens with one attached hydrogen (secondary N) is 3. The minimum atomic E-state index is -1.07. The maximum Gasteiger partial charge on any atom is 0.358 e. The van der Waals surface area contributed by atoms with Crippen molar-refractivity contribution in [2.75, 3.05) is 68.1 Å². The summed E-state index contributed by atoms with van der Waals surface area (Å²) in [6, 6.07) is -0.543. The number of aromatic nitrogens is 2. The number of aromatic carboxylic acids is 1. The van der Waals surface area contributed by atoms with Crippen LogP contribution in [0.25, 0.3) is 0 Å². The minimum absolute atomic E-state index is 0.0147. The number of hydrogen-bond acceptors (Lipinski definition) is 19. The zero-order valence-corrected chi connectivity index (χ0v) is 40.0. The number of nitrogens with two attached hydrogens (primary N) is 1. The van der Waals surface area contributed by atoms with Crippen molar-refractivity contribution in [3.05, 3.63) is 36.0 Å². The Morgan fingerprint density at radius 3 is 1.37 bits per heavy atom. The van der Waals surface area contributed by atoms with E-state index in [0.29, 0.717) is 26.1 Å². The number of amides is 3. The first-order chi connectivity index (χ1) is 31.6. The normalized spacial score (nSPS) is 19.7. The number of carbonyl (C=O) groups excluding carboxylic acids is 7. The largest absolute Gasteiger partial charge is 0.476 e. The Balaban J connectivity index is 0.000000401. The van der Waals surface area contributed by atoms with E-state index in [9.17, 15) is 38.4 Å². The van der Waals surface area contributed by atoms with Crippen LogP contribution in [-0.4, -0.2) is 166 Å². The van der Waals surface area contributed by atoms with Crippen LogP contribution >= 0.6 is 0 Å². The number of methoxy groups -OCH3 is 4. The Bertz CT molecular complexity index is 1900. The Labute approximate surface area is 389 Å². The van der Waals surface area contributed by atoms with Gasteiger partial charge in [0.1, 0.15) is 29.8 Å². The van der Waals surface area contributed by atoms with Gasteiger partial charge in [0.2, 0.25) is 11.8 Å². The molecule has 6 N–H and O–H groups in total. The fourth-order valence-electron chi connectivity index (χ4n) is 6.40. The molecule has 0 spiro atoms. The Morgan fingerprint density at radius 1 is 0.642 bits per heavy atom. The number of carboxylic acids is 1. The van der Waals surface area contributed by atoms with Gasteiger partial charge < -0.3 is 64.3 Å². The second kappa shape index (κ2) is 28.1. The molecule has 0 radical (unpaired) electrons. The van der Waals surface area contributed by atoms with Gasteiger partial charge in [0.25, 0.3) is 5.91 Å². The van der Waals surface area contributed by atoms with Crippen LogP contribution in [0, 0.1) is 23.7 Å². The summed E-state index contributed by atoms with van der Waals surface area (Å²) in [5.41, 5.74) is 3.99. The topological polar surface area (TPSA) is 333 Å². The van der Waals surface area contributed by atoms with E-state index in [1.54, 1.807) is 13.8 Å². The third kappa shape index (κ3) is 19.8.